The summed E-state index contributed by atoms with van der Waals surface area (Å²) < 4.78 is 4.77. The van der Waals surface area contributed by atoms with Gasteiger partial charge >= 0.3 is 0 Å². The predicted molar refractivity (Wildman–Crippen MR) is 89.7 cm³/mol. The first-order chi connectivity index (χ1) is 11.6. The molecule has 1 aliphatic rings. The number of carbonyl (C=O) groups excluding carboxylic acids is 3. The van der Waals surface area contributed by atoms with Gasteiger partial charge in [-0.2, -0.15) is 0 Å². The molecule has 1 heterocycles. The summed E-state index contributed by atoms with van der Waals surface area (Å²) in [6.07, 6.45) is 1.47. The summed E-state index contributed by atoms with van der Waals surface area (Å²) in [6.45, 7) is 2.90. The highest BCUT2D eigenvalue weighted by atomic mass is 16.5. The van der Waals surface area contributed by atoms with Gasteiger partial charge in [-0.25, -0.2) is 0 Å². The van der Waals surface area contributed by atoms with Crippen LogP contribution in [0.5, 0.6) is 0 Å². The number of benzene rings is 1. The maximum atomic E-state index is 12.7. The van der Waals surface area contributed by atoms with E-state index in [9.17, 15) is 14.4 Å². The van der Waals surface area contributed by atoms with Crippen molar-refractivity contribution in [1.82, 2.24) is 10.2 Å². The van der Waals surface area contributed by atoms with E-state index in [0.717, 1.165) is 6.42 Å². The van der Waals surface area contributed by atoms with Crippen molar-refractivity contribution >= 4 is 23.4 Å². The second kappa shape index (κ2) is 8.44. The van der Waals surface area contributed by atoms with E-state index in [2.05, 4.69) is 10.6 Å². The Morgan fingerprint density at radius 3 is 2.83 bits per heavy atom. The summed E-state index contributed by atoms with van der Waals surface area (Å²) in [5, 5.41) is 5.44. The molecule has 1 fully saturated rings. The van der Waals surface area contributed by atoms with Crippen LogP contribution in [0.3, 0.4) is 0 Å². The lowest BCUT2D eigenvalue weighted by molar-refractivity contribution is -0.124. The molecule has 1 atom stereocenters. The van der Waals surface area contributed by atoms with Crippen LogP contribution in [0.4, 0.5) is 5.69 Å². The minimum atomic E-state index is -0.427. The Labute approximate surface area is 141 Å². The smallest absolute Gasteiger partial charge is 0.254 e. The Morgan fingerprint density at radius 1 is 1.33 bits per heavy atom. The molecule has 7 nitrogen and oxygen atoms in total. The van der Waals surface area contributed by atoms with E-state index in [1.165, 1.54) is 7.11 Å². The number of rotatable bonds is 6. The number of methoxy groups -OCH3 is 1. The average Bonchev–Trinajstić information content (AvgIpc) is 3.04. The number of carbonyl (C=O) groups is 3. The van der Waals surface area contributed by atoms with E-state index >= 15 is 0 Å². The zero-order chi connectivity index (χ0) is 17.5. The van der Waals surface area contributed by atoms with Gasteiger partial charge in [0.1, 0.15) is 12.6 Å². The Bertz CT molecular complexity index is 618. The standard InChI is InChI=1S/C17H23N3O4/c1-3-18-16(22)14-8-5-9-20(14)17(23)12-6-4-7-13(10-12)19-15(21)11-24-2/h4,6-7,10,14H,3,5,8-9,11H2,1-2H3,(H,18,22)(H,19,21). The van der Waals surface area contributed by atoms with Crippen molar-refractivity contribution in [2.75, 3.05) is 32.1 Å². The molecule has 1 saturated heterocycles. The minimum Gasteiger partial charge on any atom is -0.375 e. The third-order valence-corrected chi connectivity index (χ3v) is 3.84. The van der Waals surface area contributed by atoms with Crippen LogP contribution in [0.25, 0.3) is 0 Å². The predicted octanol–water partition coefficient (Wildman–Crippen LogP) is 1.01. The largest absolute Gasteiger partial charge is 0.375 e. The van der Waals surface area contributed by atoms with Gasteiger partial charge in [-0.3, -0.25) is 14.4 Å². The lowest BCUT2D eigenvalue weighted by Crippen LogP contribution is -2.45. The Morgan fingerprint density at radius 2 is 2.12 bits per heavy atom. The van der Waals surface area contributed by atoms with Crippen LogP contribution < -0.4 is 10.6 Å². The van der Waals surface area contributed by atoms with Crippen molar-refractivity contribution in [3.63, 3.8) is 0 Å². The van der Waals surface area contributed by atoms with Gasteiger partial charge < -0.3 is 20.3 Å². The average molecular weight is 333 g/mol. The van der Waals surface area contributed by atoms with Gasteiger partial charge in [0.15, 0.2) is 0 Å². The number of likely N-dealkylation sites (tertiary alicyclic amines) is 1. The zero-order valence-electron chi connectivity index (χ0n) is 14.0. The maximum Gasteiger partial charge on any atom is 0.254 e. The van der Waals surface area contributed by atoms with Crippen LogP contribution in [0.1, 0.15) is 30.1 Å². The molecule has 0 radical (unpaired) electrons. The summed E-state index contributed by atoms with van der Waals surface area (Å²) in [4.78, 5) is 38.0. The number of hydrogen-bond acceptors (Lipinski definition) is 4. The number of likely N-dealkylation sites (N-methyl/N-ethyl adjacent to an activating group) is 1. The van der Waals surface area contributed by atoms with Crippen molar-refractivity contribution in [1.29, 1.82) is 0 Å². The van der Waals surface area contributed by atoms with Crippen LogP contribution in [-0.2, 0) is 14.3 Å². The van der Waals surface area contributed by atoms with Crippen LogP contribution >= 0.6 is 0 Å². The lowest BCUT2D eigenvalue weighted by Gasteiger charge is -2.24. The molecular formula is C17H23N3O4. The van der Waals surface area contributed by atoms with E-state index in [1.807, 2.05) is 6.92 Å². The van der Waals surface area contributed by atoms with Crippen molar-refractivity contribution in [3.8, 4) is 0 Å². The molecule has 1 aromatic rings. The van der Waals surface area contributed by atoms with E-state index < -0.39 is 6.04 Å². The van der Waals surface area contributed by atoms with Gasteiger partial charge in [-0.15, -0.1) is 0 Å². The molecule has 0 bridgehead atoms. The minimum absolute atomic E-state index is 0.0520. The third-order valence-electron chi connectivity index (χ3n) is 3.84. The summed E-state index contributed by atoms with van der Waals surface area (Å²) in [6, 6.07) is 6.27. The first-order valence-corrected chi connectivity index (χ1v) is 8.04. The first kappa shape index (κ1) is 17.9. The fourth-order valence-electron chi connectivity index (χ4n) is 2.80. The zero-order valence-corrected chi connectivity index (χ0v) is 14.0. The molecule has 130 valence electrons. The van der Waals surface area contributed by atoms with Gasteiger partial charge in [0.25, 0.3) is 5.91 Å². The van der Waals surface area contributed by atoms with E-state index in [1.54, 1.807) is 29.2 Å². The Kier molecular flexibility index (Phi) is 6.31. The maximum absolute atomic E-state index is 12.7. The van der Waals surface area contributed by atoms with Crippen LogP contribution in [-0.4, -0.2) is 55.5 Å². The molecule has 0 aromatic heterocycles. The summed E-state index contributed by atoms with van der Waals surface area (Å²) >= 11 is 0. The van der Waals surface area contributed by atoms with Gasteiger partial charge in [-0.1, -0.05) is 6.07 Å². The van der Waals surface area contributed by atoms with Gasteiger partial charge in [0, 0.05) is 31.5 Å². The van der Waals surface area contributed by atoms with Crippen molar-refractivity contribution < 1.29 is 19.1 Å². The van der Waals surface area contributed by atoms with E-state index in [4.69, 9.17) is 4.74 Å². The number of nitrogens with zero attached hydrogens (tertiary/aromatic N) is 1. The molecular weight excluding hydrogens is 310 g/mol. The SMILES string of the molecule is CCNC(=O)C1CCCN1C(=O)c1cccc(NC(=O)COC)c1. The van der Waals surface area contributed by atoms with Gasteiger partial charge in [-0.05, 0) is 38.0 Å². The number of ether oxygens (including phenoxy) is 1. The van der Waals surface area contributed by atoms with Crippen molar-refractivity contribution in [2.24, 2.45) is 0 Å². The van der Waals surface area contributed by atoms with Crippen LogP contribution in [0, 0.1) is 0 Å². The molecule has 2 N–H and O–H groups in total. The molecule has 1 aliphatic heterocycles. The van der Waals surface area contributed by atoms with E-state index in [-0.39, 0.29) is 24.3 Å². The highest BCUT2D eigenvalue weighted by Gasteiger charge is 2.34. The second-order valence-corrected chi connectivity index (χ2v) is 5.61. The highest BCUT2D eigenvalue weighted by molar-refractivity contribution is 5.99. The van der Waals surface area contributed by atoms with Crippen LogP contribution in [0.15, 0.2) is 24.3 Å². The van der Waals surface area contributed by atoms with E-state index in [0.29, 0.717) is 30.8 Å². The highest BCUT2D eigenvalue weighted by Crippen LogP contribution is 2.21. The molecule has 0 saturated carbocycles. The fraction of sp³-hybridized carbons (Fsp3) is 0.471. The van der Waals surface area contributed by atoms with Gasteiger partial charge in [0.2, 0.25) is 11.8 Å². The fourth-order valence-corrected chi connectivity index (χ4v) is 2.80. The molecule has 3 amide bonds. The number of anilines is 1. The summed E-state index contributed by atoms with van der Waals surface area (Å²) in [7, 11) is 1.44. The van der Waals surface area contributed by atoms with Crippen molar-refractivity contribution in [2.45, 2.75) is 25.8 Å². The number of amides is 3. The molecule has 7 heteroatoms. The second-order valence-electron chi connectivity index (χ2n) is 5.61. The Balaban J connectivity index is 2.11. The summed E-state index contributed by atoms with van der Waals surface area (Å²) in [5.74, 6) is -0.608. The topological polar surface area (TPSA) is 87.7 Å². The van der Waals surface area contributed by atoms with Crippen molar-refractivity contribution in [3.05, 3.63) is 29.8 Å². The summed E-state index contributed by atoms with van der Waals surface area (Å²) in [5.41, 5.74) is 0.970. The number of nitrogens with one attached hydrogen (secondary N) is 2. The molecule has 24 heavy (non-hydrogen) atoms. The Hall–Kier alpha value is -2.41. The monoisotopic (exact) mass is 333 g/mol. The quantitative estimate of drug-likeness (QED) is 0.813. The normalized spacial score (nSPS) is 16.8. The molecule has 0 aliphatic carbocycles. The number of hydrogen-bond donors (Lipinski definition) is 2. The lowest BCUT2D eigenvalue weighted by atomic mass is 10.1. The molecule has 0 spiro atoms. The molecule has 2 rings (SSSR count). The van der Waals surface area contributed by atoms with Gasteiger partial charge in [0.05, 0.1) is 0 Å². The molecule has 1 unspecified atom stereocenters. The third kappa shape index (κ3) is 4.32. The molecule has 1 aromatic carbocycles. The van der Waals surface area contributed by atoms with Crippen LogP contribution in [0.2, 0.25) is 0 Å². The first-order valence-electron chi connectivity index (χ1n) is 8.04.